The van der Waals surface area contributed by atoms with Gasteiger partial charge in [0.1, 0.15) is 22.3 Å². The first kappa shape index (κ1) is 17.3. The van der Waals surface area contributed by atoms with Gasteiger partial charge in [0.05, 0.1) is 16.4 Å². The number of furan rings is 2. The second-order valence-electron chi connectivity index (χ2n) is 11.0. The Morgan fingerprint density at radius 2 is 0.932 bits per heavy atom. The van der Waals surface area contributed by atoms with Gasteiger partial charge in [0.2, 0.25) is 0 Å². The number of para-hydroxylation sites is 2. The molecule has 0 N–H and O–H groups in total. The molecule has 0 saturated carbocycles. The molecule has 2 heteroatoms. The highest BCUT2D eigenvalue weighted by atomic mass is 16.3. The molecular formula is C42H24O2. The van der Waals surface area contributed by atoms with Crippen molar-refractivity contribution in [3.05, 3.63) is 145 Å². The summed E-state index contributed by atoms with van der Waals surface area (Å²) in [5.41, 5.74) is 3.69. The molecule has 2 nitrogen and oxygen atoms in total. The minimum absolute atomic E-state index is 0.125. The van der Waals surface area contributed by atoms with Gasteiger partial charge in [-0.2, -0.15) is 0 Å². The van der Waals surface area contributed by atoms with Gasteiger partial charge >= 0.3 is 0 Å². The molecule has 0 amide bonds. The van der Waals surface area contributed by atoms with E-state index < -0.39 is 24.2 Å². The summed E-state index contributed by atoms with van der Waals surface area (Å²) in [4.78, 5) is 0. The van der Waals surface area contributed by atoms with Crippen molar-refractivity contribution in [1.82, 2.24) is 0 Å². The van der Waals surface area contributed by atoms with E-state index in [4.69, 9.17) is 14.3 Å². The van der Waals surface area contributed by atoms with Gasteiger partial charge < -0.3 is 8.83 Å². The topological polar surface area (TPSA) is 26.3 Å². The lowest BCUT2D eigenvalue weighted by molar-refractivity contribution is 0.663. The average Bonchev–Trinajstić information content (AvgIpc) is 3.74. The number of benzene rings is 8. The third kappa shape index (κ3) is 3.14. The summed E-state index contributed by atoms with van der Waals surface area (Å²) in [6, 6.07) is 27.1. The summed E-state index contributed by atoms with van der Waals surface area (Å²) in [5, 5.41) is 5.16. The second-order valence-corrected chi connectivity index (χ2v) is 11.0. The van der Waals surface area contributed by atoms with Gasteiger partial charge in [0.25, 0.3) is 0 Å². The van der Waals surface area contributed by atoms with Gasteiger partial charge in [0, 0.05) is 27.3 Å². The SMILES string of the molecule is [2H]c1c([2H])c([2H])c2c(-c3cc4c5ccccc5oc4c4c3oc3ccccc34)c3c([2H])c([2H])c([2H])c([2H])c3c(-c3cccc4ccccc34)c2c1[2H]. The van der Waals surface area contributed by atoms with Crippen molar-refractivity contribution in [2.24, 2.45) is 0 Å². The summed E-state index contributed by atoms with van der Waals surface area (Å²) in [6.07, 6.45) is 0. The second kappa shape index (κ2) is 8.82. The maximum absolute atomic E-state index is 9.48. The predicted molar refractivity (Wildman–Crippen MR) is 184 cm³/mol. The van der Waals surface area contributed by atoms with Crippen molar-refractivity contribution in [3.8, 4) is 22.3 Å². The van der Waals surface area contributed by atoms with Crippen LogP contribution in [-0.2, 0) is 0 Å². The summed E-state index contributed by atoms with van der Waals surface area (Å²) in [7, 11) is 0. The molecule has 0 unspecified atom stereocenters. The van der Waals surface area contributed by atoms with E-state index in [9.17, 15) is 5.48 Å². The summed E-state index contributed by atoms with van der Waals surface area (Å²) in [5.74, 6) is 0. The Bertz CT molecular complexity index is 3140. The van der Waals surface area contributed by atoms with Crippen LogP contribution in [0.2, 0.25) is 0 Å². The third-order valence-electron chi connectivity index (χ3n) is 8.69. The monoisotopic (exact) mass is 568 g/mol. The standard InChI is InChI=1S/C42H24O2/c1-2-14-26-25(12-1)13-11-21-28(26)38-29-16-3-5-18-31(29)39(32-19-6-4-17-30(32)38)35-24-34-27-15-7-9-22-36(27)43-41(34)40-33-20-8-10-23-37(33)44-42(35)40/h1-24H/i3D,4D,5D,6D,16D,17D,18D,19D. The molecule has 0 atom stereocenters. The van der Waals surface area contributed by atoms with Crippen LogP contribution < -0.4 is 0 Å². The van der Waals surface area contributed by atoms with E-state index >= 15 is 0 Å². The molecule has 0 fully saturated rings. The highest BCUT2D eigenvalue weighted by Crippen LogP contribution is 2.50. The molecule has 0 bridgehead atoms. The summed E-state index contributed by atoms with van der Waals surface area (Å²) >= 11 is 0. The van der Waals surface area contributed by atoms with E-state index in [0.717, 1.165) is 26.9 Å². The molecule has 10 rings (SSSR count). The maximum Gasteiger partial charge on any atom is 0.147 e. The van der Waals surface area contributed by atoms with Crippen LogP contribution in [0.3, 0.4) is 0 Å². The van der Waals surface area contributed by atoms with Crippen molar-refractivity contribution in [3.63, 3.8) is 0 Å². The highest BCUT2D eigenvalue weighted by molar-refractivity contribution is 6.30. The fraction of sp³-hybridized carbons (Fsp3) is 0. The van der Waals surface area contributed by atoms with Crippen LogP contribution >= 0.6 is 0 Å². The highest BCUT2D eigenvalue weighted by Gasteiger charge is 2.24. The molecule has 204 valence electrons. The van der Waals surface area contributed by atoms with Gasteiger partial charge in [-0.05, 0) is 61.6 Å². The van der Waals surface area contributed by atoms with Crippen LogP contribution in [0.4, 0.5) is 0 Å². The van der Waals surface area contributed by atoms with E-state index in [1.165, 1.54) is 0 Å². The van der Waals surface area contributed by atoms with Crippen LogP contribution in [0.1, 0.15) is 11.0 Å². The normalized spacial score (nSPS) is 14.6. The Labute approximate surface area is 263 Å². The first-order valence-corrected chi connectivity index (χ1v) is 14.4. The van der Waals surface area contributed by atoms with Crippen LogP contribution in [0.5, 0.6) is 0 Å². The third-order valence-corrected chi connectivity index (χ3v) is 8.69. The molecule has 0 saturated heterocycles. The number of fused-ring (bicyclic) bond motifs is 10. The predicted octanol–water partition coefficient (Wildman–Crippen LogP) is 12.3. The van der Waals surface area contributed by atoms with Gasteiger partial charge in [0.15, 0.2) is 0 Å². The van der Waals surface area contributed by atoms with Crippen molar-refractivity contribution in [2.75, 3.05) is 0 Å². The Kier molecular flexibility index (Phi) is 3.47. The molecule has 0 spiro atoms. The van der Waals surface area contributed by atoms with E-state index in [-0.39, 0.29) is 51.3 Å². The quantitative estimate of drug-likeness (QED) is 0.194. The largest absolute Gasteiger partial charge is 0.455 e. The zero-order chi connectivity index (χ0) is 35.7. The molecule has 0 radical (unpaired) electrons. The zero-order valence-corrected chi connectivity index (χ0v) is 23.1. The first-order valence-electron chi connectivity index (χ1n) is 18.4. The molecule has 0 aliphatic rings. The van der Waals surface area contributed by atoms with E-state index in [2.05, 4.69) is 0 Å². The van der Waals surface area contributed by atoms with Crippen LogP contribution in [0, 0.1) is 0 Å². The van der Waals surface area contributed by atoms with Crippen molar-refractivity contribution in [1.29, 1.82) is 0 Å². The molecular weight excluding hydrogens is 536 g/mol. The first-order chi connectivity index (χ1) is 25.2. The lowest BCUT2D eigenvalue weighted by Crippen LogP contribution is -1.92. The minimum atomic E-state index is -0.460. The van der Waals surface area contributed by atoms with E-state index in [0.29, 0.717) is 44.4 Å². The summed E-state index contributed by atoms with van der Waals surface area (Å²) in [6.45, 7) is 0. The lowest BCUT2D eigenvalue weighted by Gasteiger charge is -2.19. The molecule has 2 heterocycles. The van der Waals surface area contributed by atoms with Crippen molar-refractivity contribution < 1.29 is 19.8 Å². The number of hydrogen-bond donors (Lipinski definition) is 0. The molecule has 8 aromatic carbocycles. The van der Waals surface area contributed by atoms with Crippen LogP contribution in [0.15, 0.2) is 154 Å². The molecule has 0 aliphatic heterocycles. The van der Waals surface area contributed by atoms with Crippen LogP contribution in [0.25, 0.3) is 98.4 Å². The Balaban J connectivity index is 1.56. The summed E-state index contributed by atoms with van der Waals surface area (Å²) < 4.78 is 86.4. The average molecular weight is 569 g/mol. The van der Waals surface area contributed by atoms with Crippen LogP contribution in [-0.4, -0.2) is 0 Å². The fourth-order valence-electron chi connectivity index (χ4n) is 6.86. The fourth-order valence-corrected chi connectivity index (χ4v) is 6.86. The Morgan fingerprint density at radius 3 is 1.64 bits per heavy atom. The molecule has 0 aliphatic carbocycles. The Hall–Kier alpha value is -5.86. The smallest absolute Gasteiger partial charge is 0.147 e. The van der Waals surface area contributed by atoms with Gasteiger partial charge in [-0.3, -0.25) is 0 Å². The zero-order valence-electron chi connectivity index (χ0n) is 31.1. The number of rotatable bonds is 2. The Morgan fingerprint density at radius 1 is 0.409 bits per heavy atom. The molecule has 2 aromatic heterocycles. The van der Waals surface area contributed by atoms with E-state index in [1.54, 1.807) is 0 Å². The molecule has 10 aromatic rings. The van der Waals surface area contributed by atoms with Crippen molar-refractivity contribution in [2.45, 2.75) is 0 Å². The molecule has 44 heavy (non-hydrogen) atoms. The number of hydrogen-bond acceptors (Lipinski definition) is 2. The lowest BCUT2D eigenvalue weighted by atomic mass is 9.84. The van der Waals surface area contributed by atoms with Gasteiger partial charge in [-0.15, -0.1) is 0 Å². The van der Waals surface area contributed by atoms with E-state index in [1.807, 2.05) is 97.1 Å². The maximum atomic E-state index is 9.48. The minimum Gasteiger partial charge on any atom is -0.455 e. The van der Waals surface area contributed by atoms with Crippen molar-refractivity contribution >= 4 is 76.2 Å². The van der Waals surface area contributed by atoms with Gasteiger partial charge in [-0.25, -0.2) is 0 Å². The van der Waals surface area contributed by atoms with Gasteiger partial charge in [-0.1, -0.05) is 127 Å².